The average Bonchev–Trinajstić information content (AvgIpc) is 3.84. The minimum absolute atomic E-state index is 0. The van der Waals surface area contributed by atoms with Crippen molar-refractivity contribution in [3.63, 3.8) is 0 Å². The predicted octanol–water partition coefficient (Wildman–Crippen LogP) is 12.0. The molecule has 1 atom stereocenters. The van der Waals surface area contributed by atoms with Gasteiger partial charge in [0.05, 0.1) is 0 Å². The van der Waals surface area contributed by atoms with Gasteiger partial charge in [0.2, 0.25) is 0 Å². The van der Waals surface area contributed by atoms with Gasteiger partial charge in [-0.2, -0.15) is 0 Å². The summed E-state index contributed by atoms with van der Waals surface area (Å²) in [6, 6.07) is 10.6. The van der Waals surface area contributed by atoms with Gasteiger partial charge in [0, 0.05) is 34.7 Å². The Morgan fingerprint density at radius 2 is 0.957 bits per heavy atom. The molecule has 0 amide bonds. The third kappa shape index (κ3) is 10.6. The molecule has 0 aromatic heterocycles. The second-order valence-corrected chi connectivity index (χ2v) is 20.8. The number of benzene rings is 1. The fourth-order valence-corrected chi connectivity index (χ4v) is 17.5. The number of rotatable bonds is 9. The first kappa shape index (κ1) is 38.8. The van der Waals surface area contributed by atoms with Gasteiger partial charge in [0.15, 0.2) is 0 Å². The average molecular weight is 712 g/mol. The van der Waals surface area contributed by atoms with E-state index in [1.165, 1.54) is 128 Å². The van der Waals surface area contributed by atoms with Gasteiger partial charge in [-0.1, -0.05) is 111 Å². The van der Waals surface area contributed by atoms with Crippen LogP contribution in [0.2, 0.25) is 0 Å². The Morgan fingerprint density at radius 3 is 1.38 bits per heavy atom. The zero-order valence-electron chi connectivity index (χ0n) is 29.7. The van der Waals surface area contributed by atoms with Gasteiger partial charge in [-0.25, -0.2) is 0 Å². The van der Waals surface area contributed by atoms with Crippen molar-refractivity contribution in [1.82, 2.24) is 4.90 Å². The Balaban J connectivity index is 0.000000662. The van der Waals surface area contributed by atoms with E-state index in [2.05, 4.69) is 62.5 Å². The summed E-state index contributed by atoms with van der Waals surface area (Å²) in [5, 5.41) is 1.75. The molecule has 1 nitrogen and oxygen atoms in total. The largest absolute Gasteiger partial charge is 0.302 e. The van der Waals surface area contributed by atoms with Gasteiger partial charge in [0.1, 0.15) is 0 Å². The van der Waals surface area contributed by atoms with E-state index in [0.717, 1.165) is 22.6 Å². The molecule has 6 saturated carbocycles. The molecule has 7 rings (SSSR count). The Labute approximate surface area is 305 Å². The van der Waals surface area contributed by atoms with Crippen LogP contribution in [0.25, 0.3) is 0 Å². The van der Waals surface area contributed by atoms with Gasteiger partial charge in [-0.15, -0.1) is 0 Å². The Morgan fingerprint density at radius 1 is 0.532 bits per heavy atom. The molecule has 0 spiro atoms. The van der Waals surface area contributed by atoms with Gasteiger partial charge in [0.25, 0.3) is 0 Å². The molecule has 6 aliphatic carbocycles. The molecule has 0 aliphatic heterocycles. The molecule has 47 heavy (non-hydrogen) atoms. The first-order chi connectivity index (χ1) is 22.7. The van der Waals surface area contributed by atoms with E-state index in [-0.39, 0.29) is 32.9 Å². The van der Waals surface area contributed by atoms with Crippen molar-refractivity contribution in [2.24, 2.45) is 0 Å². The van der Waals surface area contributed by atoms with E-state index >= 15 is 0 Å². The molecule has 0 heterocycles. The quantitative estimate of drug-likeness (QED) is 0.182. The summed E-state index contributed by atoms with van der Waals surface area (Å²) in [5.74, 6) is 1.66. The SMILES string of the molecule is CN(C)C([C]1[CH][CH][CH][C]1P(C1CCCCC1)C1CCCCC1)c1cccc(P(C2CCCCC2)C2CCCCC2)c1.[CH]1[CH][CH][CH][CH]1.[Fe]. The third-order valence-electron chi connectivity index (χ3n) is 11.8. The van der Waals surface area contributed by atoms with E-state index in [0.29, 0.717) is 6.04 Å². The van der Waals surface area contributed by atoms with Gasteiger partial charge in [-0.3, -0.25) is 0 Å². The van der Waals surface area contributed by atoms with E-state index in [4.69, 9.17) is 0 Å². The minimum atomic E-state index is -0.0867. The molecular weight excluding hydrogens is 648 g/mol. The molecule has 1 aromatic rings. The molecule has 1 unspecified atom stereocenters. The van der Waals surface area contributed by atoms with Crippen molar-refractivity contribution in [2.75, 3.05) is 14.1 Å². The van der Waals surface area contributed by atoms with Crippen molar-refractivity contribution in [3.05, 3.63) is 92.8 Å². The van der Waals surface area contributed by atoms with E-state index in [1.807, 2.05) is 32.1 Å². The van der Waals surface area contributed by atoms with E-state index < -0.39 is 0 Å². The first-order valence-electron chi connectivity index (χ1n) is 19.5. The number of hydrogen-bond donors (Lipinski definition) is 0. The van der Waals surface area contributed by atoms with Crippen LogP contribution in [0.3, 0.4) is 0 Å². The molecular formula is C43H63FeNP2. The predicted molar refractivity (Wildman–Crippen MR) is 205 cm³/mol. The molecule has 6 aliphatic rings. The second-order valence-electron chi connectivity index (χ2n) is 15.3. The maximum atomic E-state index is 2.74. The standard InChI is InChI=1S/C38H58NP2.C5H5.Fe/c1-39(2)38(36-27-16-28-37(36)41(33-22-11-5-12-23-33)34-24-13-6-14-25-34)30-17-15-26-35(29-30)40(31-18-7-3-8-19-31)32-20-9-4-10-21-32;1-2-4-5-3-1;/h15-17,26-29,31-34,38H,3-14,18-25H2,1-2H3;1-5H;. The molecule has 4 heteroatoms. The van der Waals surface area contributed by atoms with Crippen LogP contribution in [0.15, 0.2) is 24.3 Å². The fourth-order valence-electron chi connectivity index (χ4n) is 9.67. The smallest absolute Gasteiger partial charge is 0.0417 e. The monoisotopic (exact) mass is 711 g/mol. The summed E-state index contributed by atoms with van der Waals surface area (Å²) in [7, 11) is 4.55. The summed E-state index contributed by atoms with van der Waals surface area (Å²) >= 11 is 0. The second kappa shape index (κ2) is 20.6. The summed E-state index contributed by atoms with van der Waals surface area (Å²) in [5.41, 5.74) is 7.22. The van der Waals surface area contributed by atoms with Crippen LogP contribution < -0.4 is 5.30 Å². The number of nitrogens with zero attached hydrogens (tertiary/aromatic N) is 1. The Bertz CT molecular complexity index is 944. The first-order valence-corrected chi connectivity index (χ1v) is 22.4. The summed E-state index contributed by atoms with van der Waals surface area (Å²) < 4.78 is 0. The summed E-state index contributed by atoms with van der Waals surface area (Å²) in [4.78, 5) is 2.55. The van der Waals surface area contributed by atoms with Crippen molar-refractivity contribution >= 4 is 21.1 Å². The van der Waals surface area contributed by atoms with Crippen molar-refractivity contribution in [1.29, 1.82) is 0 Å². The number of hydrogen-bond acceptors (Lipinski definition) is 1. The topological polar surface area (TPSA) is 3.24 Å². The van der Waals surface area contributed by atoms with Gasteiger partial charge >= 0.3 is 0 Å². The summed E-state index contributed by atoms with van der Waals surface area (Å²) in [6.07, 6.45) is 47.1. The van der Waals surface area contributed by atoms with Crippen molar-refractivity contribution in [3.8, 4) is 0 Å². The molecule has 258 valence electrons. The van der Waals surface area contributed by atoms with Crippen LogP contribution in [-0.4, -0.2) is 41.6 Å². The van der Waals surface area contributed by atoms with Crippen molar-refractivity contribution < 1.29 is 17.1 Å². The third-order valence-corrected chi connectivity index (χ3v) is 18.9. The van der Waals surface area contributed by atoms with Crippen LogP contribution >= 0.6 is 15.8 Å². The normalized spacial score (nSPS) is 25.6. The maximum absolute atomic E-state index is 2.74. The molecule has 0 saturated heterocycles. The minimum Gasteiger partial charge on any atom is -0.302 e. The fraction of sp³-hybridized carbons (Fsp3) is 0.628. The van der Waals surface area contributed by atoms with Crippen molar-refractivity contribution in [2.45, 2.75) is 157 Å². The van der Waals surface area contributed by atoms with E-state index in [9.17, 15) is 0 Å². The molecule has 0 bridgehead atoms. The Hall–Kier alpha value is 0.559. The van der Waals surface area contributed by atoms with Crippen LogP contribution in [0, 0.1) is 62.9 Å². The Kier molecular flexibility index (Phi) is 17.0. The maximum Gasteiger partial charge on any atom is 0.0417 e. The van der Waals surface area contributed by atoms with Crippen LogP contribution in [0.5, 0.6) is 0 Å². The van der Waals surface area contributed by atoms with Crippen LogP contribution in [-0.2, 0) is 17.1 Å². The molecule has 6 fully saturated rings. The van der Waals surface area contributed by atoms with Crippen LogP contribution in [0.4, 0.5) is 0 Å². The van der Waals surface area contributed by atoms with Gasteiger partial charge in [-0.05, 0) is 156 Å². The summed E-state index contributed by atoms with van der Waals surface area (Å²) in [6.45, 7) is 0. The van der Waals surface area contributed by atoms with E-state index in [1.54, 1.807) is 22.4 Å². The molecule has 0 N–H and O–H groups in total. The van der Waals surface area contributed by atoms with Crippen LogP contribution in [0.1, 0.15) is 140 Å². The molecule has 1 aromatic carbocycles. The zero-order chi connectivity index (χ0) is 31.6. The molecule has 10 radical (unpaired) electrons. The zero-order valence-corrected chi connectivity index (χ0v) is 32.5. The van der Waals surface area contributed by atoms with Gasteiger partial charge < -0.3 is 4.90 Å².